The lowest BCUT2D eigenvalue weighted by Gasteiger charge is -2.49. The zero-order valence-corrected chi connectivity index (χ0v) is 22.2. The molecule has 2 rings (SSSR count). The summed E-state index contributed by atoms with van der Waals surface area (Å²) in [7, 11) is 0. The van der Waals surface area contributed by atoms with E-state index in [2.05, 4.69) is 12.2 Å². The minimum atomic E-state index is -0.0151. The van der Waals surface area contributed by atoms with Gasteiger partial charge in [-0.05, 0) is 110 Å². The molecule has 2 aliphatic rings. The van der Waals surface area contributed by atoms with E-state index in [9.17, 15) is 0 Å². The number of nitrogens with two attached hydrogens (primary N) is 5. The number of rotatable bonds is 15. The molecule has 0 aromatic carbocycles. The van der Waals surface area contributed by atoms with Crippen LogP contribution in [0, 0.1) is 0 Å². The predicted octanol–water partition coefficient (Wildman–Crippen LogP) is 4.03. The summed E-state index contributed by atoms with van der Waals surface area (Å²) in [6.45, 7) is 5.27. The fourth-order valence-electron chi connectivity index (χ4n) is 6.16. The van der Waals surface area contributed by atoms with E-state index in [1.54, 1.807) is 0 Å². The summed E-state index contributed by atoms with van der Waals surface area (Å²) in [6, 6.07) is 0. The molecule has 2 aliphatic carbocycles. The monoisotopic (exact) mass is 468 g/mol. The lowest BCUT2D eigenvalue weighted by molar-refractivity contribution is 0.103. The smallest absolute Gasteiger partial charge is 0.0187 e. The molecule has 0 saturated heterocycles. The normalized spacial score (nSPS) is 20.2. The number of nitrogens with one attached hydrogen (secondary N) is 1. The van der Waals surface area contributed by atoms with E-state index in [-0.39, 0.29) is 5.54 Å². The predicted molar refractivity (Wildman–Crippen MR) is 145 cm³/mol. The van der Waals surface area contributed by atoms with Crippen molar-refractivity contribution in [3.63, 3.8) is 0 Å². The summed E-state index contributed by atoms with van der Waals surface area (Å²) in [5.41, 5.74) is 29.4. The van der Waals surface area contributed by atoms with Crippen molar-refractivity contribution in [2.45, 2.75) is 146 Å². The maximum atomic E-state index is 6.16. The molecule has 0 aromatic heterocycles. The standard InChI is InChI=1S/C18H37N3.C9H23N3/c19-15-7-13-17(9-3-1-4-10-17)21-18(14-8-16-20)11-5-2-6-12-18;1-2-9(12,5-3-7-10)6-4-8-11/h21H,1-16,19-20H2;2-8,10-12H2,1H3. The molecule has 6 heteroatoms. The molecule has 198 valence electrons. The molecular formula is C27H60N6. The van der Waals surface area contributed by atoms with Crippen LogP contribution in [0.5, 0.6) is 0 Å². The van der Waals surface area contributed by atoms with Gasteiger partial charge >= 0.3 is 0 Å². The van der Waals surface area contributed by atoms with Crippen molar-refractivity contribution in [2.24, 2.45) is 28.7 Å². The Morgan fingerprint density at radius 1 is 0.606 bits per heavy atom. The molecule has 0 unspecified atom stereocenters. The van der Waals surface area contributed by atoms with Crippen LogP contribution in [0.15, 0.2) is 0 Å². The first-order valence-corrected chi connectivity index (χ1v) is 14.3. The summed E-state index contributed by atoms with van der Waals surface area (Å²) in [4.78, 5) is 0. The van der Waals surface area contributed by atoms with Gasteiger partial charge in [0.1, 0.15) is 0 Å². The average molecular weight is 469 g/mol. The second-order valence-electron chi connectivity index (χ2n) is 11.1. The van der Waals surface area contributed by atoms with Crippen LogP contribution in [-0.2, 0) is 0 Å². The van der Waals surface area contributed by atoms with E-state index in [1.165, 1.54) is 89.9 Å². The van der Waals surface area contributed by atoms with Crippen molar-refractivity contribution in [2.75, 3.05) is 26.2 Å². The molecule has 0 radical (unpaired) electrons. The molecule has 2 saturated carbocycles. The first-order valence-electron chi connectivity index (χ1n) is 14.3. The zero-order valence-electron chi connectivity index (χ0n) is 22.2. The van der Waals surface area contributed by atoms with Gasteiger partial charge in [-0.25, -0.2) is 0 Å². The van der Waals surface area contributed by atoms with Gasteiger partial charge in [-0.3, -0.25) is 0 Å². The summed E-state index contributed by atoms with van der Waals surface area (Å²) < 4.78 is 0. The van der Waals surface area contributed by atoms with Gasteiger partial charge in [-0.1, -0.05) is 45.4 Å². The number of hydrogen-bond acceptors (Lipinski definition) is 6. The third-order valence-electron chi connectivity index (χ3n) is 8.33. The molecule has 0 aromatic rings. The van der Waals surface area contributed by atoms with E-state index in [0.717, 1.165) is 58.3 Å². The van der Waals surface area contributed by atoms with Gasteiger partial charge in [-0.2, -0.15) is 0 Å². The fraction of sp³-hybridized carbons (Fsp3) is 1.00. The van der Waals surface area contributed by atoms with Gasteiger partial charge in [0.15, 0.2) is 0 Å². The molecule has 33 heavy (non-hydrogen) atoms. The van der Waals surface area contributed by atoms with Crippen LogP contribution < -0.4 is 34.0 Å². The highest BCUT2D eigenvalue weighted by molar-refractivity contribution is 5.01. The molecule has 0 atom stereocenters. The quantitative estimate of drug-likeness (QED) is 0.214. The lowest BCUT2D eigenvalue weighted by Crippen LogP contribution is -2.59. The van der Waals surface area contributed by atoms with Gasteiger partial charge in [0.05, 0.1) is 0 Å². The van der Waals surface area contributed by atoms with Crippen molar-refractivity contribution >= 4 is 0 Å². The Kier molecular flexibility index (Phi) is 16.1. The Morgan fingerprint density at radius 2 is 0.970 bits per heavy atom. The van der Waals surface area contributed by atoms with Crippen molar-refractivity contribution < 1.29 is 0 Å². The molecule has 0 spiro atoms. The van der Waals surface area contributed by atoms with Crippen molar-refractivity contribution in [1.82, 2.24) is 5.32 Å². The first-order chi connectivity index (χ1) is 15.9. The van der Waals surface area contributed by atoms with Gasteiger partial charge < -0.3 is 34.0 Å². The van der Waals surface area contributed by atoms with Gasteiger partial charge in [0.25, 0.3) is 0 Å². The molecule has 0 bridgehead atoms. The summed E-state index contributed by atoms with van der Waals surface area (Å²) >= 11 is 0. The SMILES string of the molecule is CCC(N)(CCCN)CCCN.NCCCC1(NC2(CCCN)CCCCC2)CCCCC1. The molecule has 11 N–H and O–H groups in total. The second kappa shape index (κ2) is 17.2. The lowest BCUT2D eigenvalue weighted by atomic mass is 9.72. The van der Waals surface area contributed by atoms with Crippen LogP contribution in [0.1, 0.15) is 129 Å². The Bertz CT molecular complexity index is 422. The Labute approximate surface area is 205 Å². The fourth-order valence-corrected chi connectivity index (χ4v) is 6.16. The minimum Gasteiger partial charge on any atom is -0.330 e. The largest absolute Gasteiger partial charge is 0.330 e. The average Bonchev–Trinajstić information content (AvgIpc) is 2.85. The van der Waals surface area contributed by atoms with E-state index < -0.39 is 0 Å². The summed E-state index contributed by atoms with van der Waals surface area (Å²) in [6.07, 6.45) is 23.8. The maximum absolute atomic E-state index is 6.16. The Hall–Kier alpha value is -0.240. The molecule has 0 aliphatic heterocycles. The van der Waals surface area contributed by atoms with Crippen LogP contribution in [0.25, 0.3) is 0 Å². The minimum absolute atomic E-state index is 0.0151. The van der Waals surface area contributed by atoms with Crippen LogP contribution in [0.2, 0.25) is 0 Å². The molecule has 0 heterocycles. The van der Waals surface area contributed by atoms with Gasteiger partial charge in [0, 0.05) is 16.6 Å². The van der Waals surface area contributed by atoms with Crippen molar-refractivity contribution in [3.05, 3.63) is 0 Å². The van der Waals surface area contributed by atoms with Gasteiger partial charge in [0.2, 0.25) is 0 Å². The third-order valence-corrected chi connectivity index (χ3v) is 8.33. The number of hydrogen-bond donors (Lipinski definition) is 6. The molecule has 6 nitrogen and oxygen atoms in total. The Morgan fingerprint density at radius 3 is 1.27 bits per heavy atom. The maximum Gasteiger partial charge on any atom is 0.0187 e. The highest BCUT2D eigenvalue weighted by Gasteiger charge is 2.40. The van der Waals surface area contributed by atoms with Crippen LogP contribution in [0.4, 0.5) is 0 Å². The topological polar surface area (TPSA) is 142 Å². The highest BCUT2D eigenvalue weighted by Crippen LogP contribution is 2.39. The second-order valence-corrected chi connectivity index (χ2v) is 11.1. The third kappa shape index (κ3) is 11.8. The van der Waals surface area contributed by atoms with Crippen LogP contribution in [-0.4, -0.2) is 42.8 Å². The van der Waals surface area contributed by atoms with Crippen LogP contribution >= 0.6 is 0 Å². The van der Waals surface area contributed by atoms with E-state index in [4.69, 9.17) is 28.7 Å². The van der Waals surface area contributed by atoms with Crippen LogP contribution in [0.3, 0.4) is 0 Å². The summed E-state index contributed by atoms with van der Waals surface area (Å²) in [5, 5.41) is 4.24. The van der Waals surface area contributed by atoms with E-state index in [0.29, 0.717) is 11.1 Å². The Balaban J connectivity index is 0.000000389. The molecule has 2 fully saturated rings. The molecule has 0 amide bonds. The highest BCUT2D eigenvalue weighted by atomic mass is 15.1. The van der Waals surface area contributed by atoms with E-state index in [1.807, 2.05) is 0 Å². The summed E-state index contributed by atoms with van der Waals surface area (Å²) in [5.74, 6) is 0. The van der Waals surface area contributed by atoms with Crippen molar-refractivity contribution in [3.8, 4) is 0 Å². The first kappa shape index (κ1) is 30.8. The molecular weight excluding hydrogens is 408 g/mol. The van der Waals surface area contributed by atoms with E-state index >= 15 is 0 Å². The van der Waals surface area contributed by atoms with Crippen molar-refractivity contribution in [1.29, 1.82) is 0 Å². The van der Waals surface area contributed by atoms with Gasteiger partial charge in [-0.15, -0.1) is 0 Å². The zero-order chi connectivity index (χ0) is 24.5.